The molecular formula is C18H25N3O3. The highest BCUT2D eigenvalue weighted by Gasteiger charge is 2.44. The first kappa shape index (κ1) is 16.9. The quantitative estimate of drug-likeness (QED) is 0.775. The van der Waals surface area contributed by atoms with Gasteiger partial charge in [-0.3, -0.25) is 9.59 Å². The third-order valence-electron chi connectivity index (χ3n) is 4.67. The summed E-state index contributed by atoms with van der Waals surface area (Å²) in [7, 11) is 3.76. The van der Waals surface area contributed by atoms with Gasteiger partial charge in [0.1, 0.15) is 6.61 Å². The van der Waals surface area contributed by atoms with Gasteiger partial charge in [0.05, 0.1) is 18.7 Å². The Labute approximate surface area is 143 Å². The number of morpholine rings is 1. The van der Waals surface area contributed by atoms with E-state index in [1.54, 1.807) is 0 Å². The van der Waals surface area contributed by atoms with Crippen LogP contribution in [0.2, 0.25) is 0 Å². The van der Waals surface area contributed by atoms with E-state index in [0.29, 0.717) is 26.2 Å². The molecule has 2 fully saturated rings. The fraction of sp³-hybridized carbons (Fsp3) is 0.556. The first-order valence-electron chi connectivity index (χ1n) is 8.42. The van der Waals surface area contributed by atoms with Crippen LogP contribution in [0.25, 0.3) is 0 Å². The highest BCUT2D eigenvalue weighted by molar-refractivity contribution is 5.81. The molecule has 2 aliphatic heterocycles. The molecule has 2 saturated heterocycles. The average molecular weight is 331 g/mol. The van der Waals surface area contributed by atoms with Gasteiger partial charge in [0.15, 0.2) is 0 Å². The molecule has 24 heavy (non-hydrogen) atoms. The number of nitrogens with zero attached hydrogens (tertiary/aromatic N) is 3. The van der Waals surface area contributed by atoms with Crippen LogP contribution in [0.1, 0.15) is 5.56 Å². The first-order chi connectivity index (χ1) is 11.5. The van der Waals surface area contributed by atoms with Gasteiger partial charge < -0.3 is 19.4 Å². The molecule has 0 aliphatic carbocycles. The highest BCUT2D eigenvalue weighted by Crippen LogP contribution is 2.24. The third kappa shape index (κ3) is 3.76. The van der Waals surface area contributed by atoms with E-state index in [9.17, 15) is 9.59 Å². The van der Waals surface area contributed by atoms with Crippen molar-refractivity contribution in [3.05, 3.63) is 35.9 Å². The predicted octanol–water partition coefficient (Wildman–Crippen LogP) is 0.229. The molecule has 0 N–H and O–H groups in total. The summed E-state index contributed by atoms with van der Waals surface area (Å²) in [6.45, 7) is 2.32. The molecule has 6 heteroatoms. The van der Waals surface area contributed by atoms with Gasteiger partial charge in [-0.2, -0.15) is 0 Å². The number of ether oxygens (including phenoxy) is 1. The summed E-state index contributed by atoms with van der Waals surface area (Å²) in [6, 6.07) is 10.1. The van der Waals surface area contributed by atoms with Gasteiger partial charge in [0, 0.05) is 19.6 Å². The number of likely N-dealkylation sites (N-methyl/N-ethyl adjacent to an activating group) is 1. The minimum Gasteiger partial charge on any atom is -0.364 e. The Balaban J connectivity index is 1.64. The van der Waals surface area contributed by atoms with Crippen molar-refractivity contribution in [2.24, 2.45) is 0 Å². The van der Waals surface area contributed by atoms with Crippen LogP contribution in [0, 0.1) is 0 Å². The lowest BCUT2D eigenvalue weighted by molar-refractivity contribution is -0.152. The third-order valence-corrected chi connectivity index (χ3v) is 4.67. The van der Waals surface area contributed by atoms with Gasteiger partial charge >= 0.3 is 0 Å². The van der Waals surface area contributed by atoms with Crippen LogP contribution in [-0.4, -0.2) is 85.5 Å². The number of carbonyl (C=O) groups is 2. The topological polar surface area (TPSA) is 53.1 Å². The summed E-state index contributed by atoms with van der Waals surface area (Å²) in [5.41, 5.74) is 1.21. The van der Waals surface area contributed by atoms with E-state index in [0.717, 1.165) is 6.42 Å². The van der Waals surface area contributed by atoms with E-state index >= 15 is 0 Å². The monoisotopic (exact) mass is 331 g/mol. The molecule has 130 valence electrons. The maximum Gasteiger partial charge on any atom is 0.248 e. The molecule has 1 aromatic rings. The Kier molecular flexibility index (Phi) is 5.16. The molecule has 2 aliphatic rings. The summed E-state index contributed by atoms with van der Waals surface area (Å²) < 4.78 is 5.68. The smallest absolute Gasteiger partial charge is 0.248 e. The van der Waals surface area contributed by atoms with Crippen molar-refractivity contribution >= 4 is 11.8 Å². The molecule has 3 rings (SSSR count). The molecular weight excluding hydrogens is 306 g/mol. The summed E-state index contributed by atoms with van der Waals surface area (Å²) in [5.74, 6) is 0.113. The number of hydrogen-bond donors (Lipinski definition) is 0. The average Bonchev–Trinajstić information content (AvgIpc) is 2.99. The van der Waals surface area contributed by atoms with E-state index in [1.807, 2.05) is 47.0 Å². The molecule has 0 radical (unpaired) electrons. The molecule has 0 bridgehead atoms. The van der Waals surface area contributed by atoms with Crippen LogP contribution in [0.4, 0.5) is 0 Å². The van der Waals surface area contributed by atoms with Gasteiger partial charge in [-0.15, -0.1) is 0 Å². The van der Waals surface area contributed by atoms with E-state index in [-0.39, 0.29) is 30.6 Å². The second-order valence-electron chi connectivity index (χ2n) is 6.78. The van der Waals surface area contributed by atoms with Crippen LogP contribution in [0.5, 0.6) is 0 Å². The zero-order valence-electron chi connectivity index (χ0n) is 14.4. The Morgan fingerprint density at radius 2 is 2.00 bits per heavy atom. The normalized spacial score (nSPS) is 23.7. The molecule has 0 spiro atoms. The molecule has 0 aromatic heterocycles. The largest absolute Gasteiger partial charge is 0.364 e. The Morgan fingerprint density at radius 1 is 1.25 bits per heavy atom. The maximum absolute atomic E-state index is 12.3. The van der Waals surface area contributed by atoms with Gasteiger partial charge in [-0.1, -0.05) is 30.3 Å². The molecule has 1 aromatic carbocycles. The van der Waals surface area contributed by atoms with E-state index < -0.39 is 0 Å². The fourth-order valence-corrected chi connectivity index (χ4v) is 3.42. The number of carbonyl (C=O) groups excluding carboxylic acids is 2. The summed E-state index contributed by atoms with van der Waals surface area (Å²) in [5, 5.41) is 0. The molecule has 2 heterocycles. The van der Waals surface area contributed by atoms with Gasteiger partial charge in [0.2, 0.25) is 11.8 Å². The van der Waals surface area contributed by atoms with Crippen molar-refractivity contribution in [3.63, 3.8) is 0 Å². The minimum absolute atomic E-state index is 0.0223. The second kappa shape index (κ2) is 7.32. The van der Waals surface area contributed by atoms with E-state index in [2.05, 4.69) is 12.1 Å². The molecule has 6 nitrogen and oxygen atoms in total. The lowest BCUT2D eigenvalue weighted by atomic mass is 10.1. The SMILES string of the molecule is CN(C)CC(=O)N1C[C@@H]2OCC(=O)N(CCc3ccccc3)[C@H]2C1. The van der Waals surface area contributed by atoms with Gasteiger partial charge in [-0.25, -0.2) is 0 Å². The predicted molar refractivity (Wildman–Crippen MR) is 90.5 cm³/mol. The number of hydrogen-bond acceptors (Lipinski definition) is 4. The zero-order chi connectivity index (χ0) is 17.1. The lowest BCUT2D eigenvalue weighted by Crippen LogP contribution is -2.54. The fourth-order valence-electron chi connectivity index (χ4n) is 3.42. The Hall–Kier alpha value is -1.92. The number of fused-ring (bicyclic) bond motifs is 1. The Morgan fingerprint density at radius 3 is 2.71 bits per heavy atom. The number of amides is 2. The lowest BCUT2D eigenvalue weighted by Gasteiger charge is -2.36. The van der Waals surface area contributed by atoms with Gasteiger partial charge in [0.25, 0.3) is 0 Å². The summed E-state index contributed by atoms with van der Waals surface area (Å²) in [6.07, 6.45) is 0.756. The van der Waals surface area contributed by atoms with Crippen molar-refractivity contribution < 1.29 is 14.3 Å². The van der Waals surface area contributed by atoms with Crippen molar-refractivity contribution in [3.8, 4) is 0 Å². The van der Waals surface area contributed by atoms with Crippen molar-refractivity contribution in [2.75, 3.05) is 46.9 Å². The van der Waals surface area contributed by atoms with Crippen LogP contribution < -0.4 is 0 Å². The van der Waals surface area contributed by atoms with Crippen LogP contribution in [0.3, 0.4) is 0 Å². The standard InChI is InChI=1S/C18H25N3O3/c1-19(2)12-17(22)20-10-15-16(11-20)24-13-18(23)21(15)9-8-14-6-4-3-5-7-14/h3-7,15-16H,8-13H2,1-2H3/t15-,16-/m0/s1. The van der Waals surface area contributed by atoms with E-state index in [4.69, 9.17) is 4.74 Å². The first-order valence-corrected chi connectivity index (χ1v) is 8.42. The summed E-state index contributed by atoms with van der Waals surface area (Å²) >= 11 is 0. The minimum atomic E-state index is -0.0652. The maximum atomic E-state index is 12.3. The molecule has 2 amide bonds. The zero-order valence-corrected chi connectivity index (χ0v) is 14.4. The van der Waals surface area contributed by atoms with Crippen molar-refractivity contribution in [1.29, 1.82) is 0 Å². The number of rotatable bonds is 5. The number of likely N-dealkylation sites (tertiary alicyclic amines) is 1. The van der Waals surface area contributed by atoms with Crippen LogP contribution in [0.15, 0.2) is 30.3 Å². The van der Waals surface area contributed by atoms with Gasteiger partial charge in [-0.05, 0) is 26.1 Å². The highest BCUT2D eigenvalue weighted by atomic mass is 16.5. The second-order valence-corrected chi connectivity index (χ2v) is 6.78. The van der Waals surface area contributed by atoms with Crippen molar-refractivity contribution in [2.45, 2.75) is 18.6 Å². The van der Waals surface area contributed by atoms with Crippen molar-refractivity contribution in [1.82, 2.24) is 14.7 Å². The van der Waals surface area contributed by atoms with Crippen LogP contribution >= 0.6 is 0 Å². The Bertz CT molecular complexity index is 590. The summed E-state index contributed by atoms with van der Waals surface area (Å²) in [4.78, 5) is 30.2. The molecule has 0 saturated carbocycles. The van der Waals surface area contributed by atoms with Crippen LogP contribution in [-0.2, 0) is 20.7 Å². The van der Waals surface area contributed by atoms with E-state index in [1.165, 1.54) is 5.56 Å². The molecule has 0 unspecified atom stereocenters. The molecule has 2 atom stereocenters. The number of benzene rings is 1.